The molecular weight excluding hydrogens is 430 g/mol. The van der Waals surface area contributed by atoms with E-state index in [0.717, 1.165) is 33.2 Å². The molecular formula is C24H20ClN3O2S. The summed E-state index contributed by atoms with van der Waals surface area (Å²) in [6.07, 6.45) is 0. The highest BCUT2D eigenvalue weighted by atomic mass is 35.5. The number of pyridine rings is 1. The Kier molecular flexibility index (Phi) is 6.02. The van der Waals surface area contributed by atoms with Crippen molar-refractivity contribution in [2.75, 3.05) is 5.32 Å². The Morgan fingerprint density at radius 2 is 1.61 bits per heavy atom. The molecule has 2 aromatic carbocycles. The third-order valence-electron chi connectivity index (χ3n) is 4.92. The lowest BCUT2D eigenvalue weighted by Gasteiger charge is -2.14. The first-order valence-corrected chi connectivity index (χ1v) is 10.9. The number of hydrogen-bond donors (Lipinski definition) is 1. The number of anilines is 1. The molecule has 0 radical (unpaired) electrons. The lowest BCUT2D eigenvalue weighted by molar-refractivity contribution is -0.116. The van der Waals surface area contributed by atoms with Crippen molar-refractivity contribution in [3.05, 3.63) is 92.7 Å². The number of carbonyl (C=O) groups excluding carboxylic acids is 1. The van der Waals surface area contributed by atoms with E-state index < -0.39 is 0 Å². The van der Waals surface area contributed by atoms with Crippen LogP contribution in [0.4, 0.5) is 5.69 Å². The number of aromatic nitrogens is 2. The maximum absolute atomic E-state index is 12.5. The molecule has 0 bridgehead atoms. The molecule has 5 nitrogen and oxygen atoms in total. The van der Waals surface area contributed by atoms with Crippen LogP contribution in [0.1, 0.15) is 11.4 Å². The van der Waals surface area contributed by atoms with E-state index in [0.29, 0.717) is 10.7 Å². The zero-order valence-electron chi connectivity index (χ0n) is 17.1. The van der Waals surface area contributed by atoms with Gasteiger partial charge in [0.05, 0.1) is 5.69 Å². The van der Waals surface area contributed by atoms with Gasteiger partial charge in [-0.15, -0.1) is 11.3 Å². The molecule has 1 amide bonds. The predicted octanol–water partition coefficient (Wildman–Crippen LogP) is 5.55. The summed E-state index contributed by atoms with van der Waals surface area (Å²) in [6.45, 7) is 3.79. The summed E-state index contributed by atoms with van der Waals surface area (Å²) in [7, 11) is 0. The molecule has 0 atom stereocenters. The highest BCUT2D eigenvalue weighted by Gasteiger charge is 2.10. The van der Waals surface area contributed by atoms with Gasteiger partial charge in [-0.25, -0.2) is 4.98 Å². The molecule has 0 saturated heterocycles. The number of nitrogens with zero attached hydrogens (tertiary/aromatic N) is 2. The van der Waals surface area contributed by atoms with Crippen molar-refractivity contribution >= 4 is 34.5 Å². The van der Waals surface area contributed by atoms with E-state index in [9.17, 15) is 9.59 Å². The Bertz CT molecular complexity index is 1270. The van der Waals surface area contributed by atoms with Crippen LogP contribution in [-0.2, 0) is 11.3 Å². The molecule has 1 N–H and O–H groups in total. The quantitative estimate of drug-likeness (QED) is 0.434. The summed E-state index contributed by atoms with van der Waals surface area (Å²) >= 11 is 7.53. The summed E-state index contributed by atoms with van der Waals surface area (Å²) in [5.74, 6) is -0.152. The van der Waals surface area contributed by atoms with Gasteiger partial charge in [0.2, 0.25) is 5.91 Å². The van der Waals surface area contributed by atoms with Crippen LogP contribution in [0, 0.1) is 13.8 Å². The van der Waals surface area contributed by atoms with Crippen molar-refractivity contribution < 1.29 is 4.79 Å². The first-order valence-electron chi connectivity index (χ1n) is 9.69. The van der Waals surface area contributed by atoms with Gasteiger partial charge in [0.25, 0.3) is 0 Å². The lowest BCUT2D eigenvalue weighted by Crippen LogP contribution is -2.23. The van der Waals surface area contributed by atoms with Crippen LogP contribution in [0.25, 0.3) is 21.8 Å². The van der Waals surface area contributed by atoms with E-state index in [1.165, 1.54) is 12.1 Å². The van der Waals surface area contributed by atoms with Gasteiger partial charge < -0.3 is 9.88 Å². The number of rotatable bonds is 5. The Balaban J connectivity index is 1.45. The Labute approximate surface area is 189 Å². The SMILES string of the molecule is Cc1cc(=O)cc(C)n1CC(=O)Nc1ccc(-c2csc(-c3ccc(Cl)cc3)n2)cc1. The highest BCUT2D eigenvalue weighted by molar-refractivity contribution is 7.13. The van der Waals surface area contributed by atoms with Gasteiger partial charge in [-0.1, -0.05) is 35.9 Å². The fourth-order valence-corrected chi connectivity index (χ4v) is 4.30. The van der Waals surface area contributed by atoms with Gasteiger partial charge in [0.15, 0.2) is 5.43 Å². The molecule has 0 spiro atoms. The molecule has 2 aromatic heterocycles. The fraction of sp³-hybridized carbons (Fsp3) is 0.125. The minimum atomic E-state index is -0.152. The van der Waals surface area contributed by atoms with Crippen molar-refractivity contribution in [3.63, 3.8) is 0 Å². The Morgan fingerprint density at radius 3 is 2.26 bits per heavy atom. The van der Waals surface area contributed by atoms with Crippen molar-refractivity contribution in [2.45, 2.75) is 20.4 Å². The molecule has 2 heterocycles. The maximum Gasteiger partial charge on any atom is 0.244 e. The molecule has 4 aromatic rings. The van der Waals surface area contributed by atoms with Crippen molar-refractivity contribution in [3.8, 4) is 21.8 Å². The highest BCUT2D eigenvalue weighted by Crippen LogP contribution is 2.30. The largest absolute Gasteiger partial charge is 0.340 e. The van der Waals surface area contributed by atoms with Crippen molar-refractivity contribution in [2.24, 2.45) is 0 Å². The lowest BCUT2D eigenvalue weighted by atomic mass is 10.1. The molecule has 7 heteroatoms. The topological polar surface area (TPSA) is 64.0 Å². The summed E-state index contributed by atoms with van der Waals surface area (Å²) in [4.78, 5) is 28.8. The van der Waals surface area contributed by atoms with E-state index in [1.807, 2.05) is 72.3 Å². The van der Waals surface area contributed by atoms with Crippen LogP contribution in [0.15, 0.2) is 70.8 Å². The molecule has 156 valence electrons. The van der Waals surface area contributed by atoms with Gasteiger partial charge in [0.1, 0.15) is 11.6 Å². The van der Waals surface area contributed by atoms with Gasteiger partial charge in [-0.2, -0.15) is 0 Å². The molecule has 0 aliphatic rings. The first-order chi connectivity index (χ1) is 14.9. The Morgan fingerprint density at radius 1 is 1.00 bits per heavy atom. The number of hydrogen-bond acceptors (Lipinski definition) is 4. The van der Waals surface area contributed by atoms with Crippen molar-refractivity contribution in [1.82, 2.24) is 9.55 Å². The number of amides is 1. The molecule has 0 fully saturated rings. The molecule has 0 aliphatic carbocycles. The third kappa shape index (κ3) is 4.93. The third-order valence-corrected chi connectivity index (χ3v) is 6.06. The van der Waals surface area contributed by atoms with E-state index in [4.69, 9.17) is 16.6 Å². The Hall–Kier alpha value is -3.22. The monoisotopic (exact) mass is 449 g/mol. The van der Waals surface area contributed by atoms with E-state index in [1.54, 1.807) is 11.3 Å². The molecule has 0 aliphatic heterocycles. The van der Waals surface area contributed by atoms with Crippen LogP contribution in [-0.4, -0.2) is 15.5 Å². The number of halogens is 1. The second-order valence-corrected chi connectivity index (χ2v) is 8.52. The number of nitrogens with one attached hydrogen (secondary N) is 1. The van der Waals surface area contributed by atoms with Crippen LogP contribution in [0.3, 0.4) is 0 Å². The zero-order valence-corrected chi connectivity index (χ0v) is 18.6. The molecule has 0 saturated carbocycles. The number of thiazole rings is 1. The van der Waals surface area contributed by atoms with Crippen LogP contribution in [0.2, 0.25) is 5.02 Å². The van der Waals surface area contributed by atoms with E-state index in [2.05, 4.69) is 5.32 Å². The molecule has 4 rings (SSSR count). The van der Waals surface area contributed by atoms with Gasteiger partial charge in [0, 0.05) is 50.7 Å². The average molecular weight is 450 g/mol. The number of benzene rings is 2. The predicted molar refractivity (Wildman–Crippen MR) is 127 cm³/mol. The van der Waals surface area contributed by atoms with E-state index in [-0.39, 0.29) is 17.9 Å². The minimum Gasteiger partial charge on any atom is -0.340 e. The second kappa shape index (κ2) is 8.88. The van der Waals surface area contributed by atoms with Gasteiger partial charge in [-0.3, -0.25) is 9.59 Å². The van der Waals surface area contributed by atoms with Crippen LogP contribution < -0.4 is 10.7 Å². The zero-order chi connectivity index (χ0) is 22.0. The number of aryl methyl sites for hydroxylation is 2. The molecule has 0 unspecified atom stereocenters. The van der Waals surface area contributed by atoms with Gasteiger partial charge >= 0.3 is 0 Å². The summed E-state index contributed by atoms with van der Waals surface area (Å²) in [5.41, 5.74) is 5.05. The van der Waals surface area contributed by atoms with Crippen molar-refractivity contribution in [1.29, 1.82) is 0 Å². The minimum absolute atomic E-state index is 0.0523. The number of carbonyl (C=O) groups is 1. The summed E-state index contributed by atoms with van der Waals surface area (Å²) in [6, 6.07) is 18.3. The molecule has 31 heavy (non-hydrogen) atoms. The normalized spacial score (nSPS) is 10.8. The first kappa shape index (κ1) is 21.0. The van der Waals surface area contributed by atoms with Crippen LogP contribution in [0.5, 0.6) is 0 Å². The smallest absolute Gasteiger partial charge is 0.244 e. The standard InChI is InChI=1S/C24H20ClN3O2S/c1-15-11-21(29)12-16(2)28(15)13-23(30)26-20-9-5-17(6-10-20)22-14-31-24(27-22)18-3-7-19(25)8-4-18/h3-12,14H,13H2,1-2H3,(H,26,30). The fourth-order valence-electron chi connectivity index (χ4n) is 3.34. The van der Waals surface area contributed by atoms with Crippen LogP contribution >= 0.6 is 22.9 Å². The maximum atomic E-state index is 12.5. The second-order valence-electron chi connectivity index (χ2n) is 7.23. The average Bonchev–Trinajstić information content (AvgIpc) is 3.22. The summed E-state index contributed by atoms with van der Waals surface area (Å²) < 4.78 is 1.82. The van der Waals surface area contributed by atoms with Gasteiger partial charge in [-0.05, 0) is 38.1 Å². The van der Waals surface area contributed by atoms with E-state index >= 15 is 0 Å². The summed E-state index contributed by atoms with van der Waals surface area (Å²) in [5, 5.41) is 6.54.